The smallest absolute Gasteiger partial charge is 0.203 e. The number of nitrogens with zero attached hydrogens (tertiary/aromatic N) is 2. The Morgan fingerprint density at radius 1 is 1.00 bits per heavy atom. The zero-order valence-electron chi connectivity index (χ0n) is 19.3. The highest BCUT2D eigenvalue weighted by Gasteiger charge is 2.13. The first kappa shape index (κ1) is 26.7. The van der Waals surface area contributed by atoms with Crippen molar-refractivity contribution in [3.8, 4) is 17.2 Å². The first-order valence-electron chi connectivity index (χ1n) is 10.1. The van der Waals surface area contributed by atoms with Crippen LogP contribution in [0, 0.1) is 6.92 Å². The molecule has 31 heavy (non-hydrogen) atoms. The number of guanidine groups is 1. The van der Waals surface area contributed by atoms with Crippen LogP contribution in [0.2, 0.25) is 0 Å². The molecule has 0 bridgehead atoms. The number of para-hydroxylation sites is 1. The van der Waals surface area contributed by atoms with Crippen LogP contribution in [0.25, 0.3) is 0 Å². The van der Waals surface area contributed by atoms with Crippen LogP contribution in [0.1, 0.15) is 18.1 Å². The number of anilines is 1. The molecule has 0 unspecified atom stereocenters. The quantitative estimate of drug-likeness (QED) is 0.270. The summed E-state index contributed by atoms with van der Waals surface area (Å²) in [5.41, 5.74) is 3.55. The van der Waals surface area contributed by atoms with Crippen molar-refractivity contribution in [1.82, 2.24) is 10.6 Å². The van der Waals surface area contributed by atoms with E-state index in [1.165, 1.54) is 11.3 Å². The molecule has 0 radical (unpaired) electrons. The number of aliphatic imine (C=N–C) groups is 1. The summed E-state index contributed by atoms with van der Waals surface area (Å²) in [5.74, 6) is 2.59. The molecule has 2 rings (SSSR count). The minimum Gasteiger partial charge on any atom is -0.493 e. The van der Waals surface area contributed by atoms with Crippen molar-refractivity contribution >= 4 is 35.6 Å². The van der Waals surface area contributed by atoms with Crippen molar-refractivity contribution in [2.75, 3.05) is 52.9 Å². The van der Waals surface area contributed by atoms with Gasteiger partial charge >= 0.3 is 0 Å². The van der Waals surface area contributed by atoms with E-state index in [2.05, 4.69) is 58.6 Å². The van der Waals surface area contributed by atoms with Crippen molar-refractivity contribution in [3.63, 3.8) is 0 Å². The summed E-state index contributed by atoms with van der Waals surface area (Å²) in [6, 6.07) is 12.3. The lowest BCUT2D eigenvalue weighted by Crippen LogP contribution is -2.41. The Labute approximate surface area is 203 Å². The molecule has 7 nitrogen and oxygen atoms in total. The Bertz CT molecular complexity index is 820. The van der Waals surface area contributed by atoms with Gasteiger partial charge in [-0.2, -0.15) is 0 Å². The number of hydrogen-bond acceptors (Lipinski definition) is 5. The van der Waals surface area contributed by atoms with Gasteiger partial charge in [0.25, 0.3) is 0 Å². The lowest BCUT2D eigenvalue weighted by atomic mass is 10.2. The molecule has 8 heteroatoms. The van der Waals surface area contributed by atoms with Gasteiger partial charge in [-0.3, -0.25) is 4.99 Å². The van der Waals surface area contributed by atoms with Gasteiger partial charge in [0.2, 0.25) is 5.75 Å². The van der Waals surface area contributed by atoms with Gasteiger partial charge < -0.3 is 29.7 Å². The molecule has 0 aromatic heterocycles. The lowest BCUT2D eigenvalue weighted by Gasteiger charge is -2.25. The second-order valence-corrected chi connectivity index (χ2v) is 6.75. The van der Waals surface area contributed by atoms with E-state index in [0.29, 0.717) is 23.8 Å². The fourth-order valence-corrected chi connectivity index (χ4v) is 3.32. The van der Waals surface area contributed by atoms with Gasteiger partial charge in [-0.05, 0) is 43.2 Å². The molecule has 0 heterocycles. The van der Waals surface area contributed by atoms with Crippen LogP contribution < -0.4 is 29.7 Å². The number of nitrogens with one attached hydrogen (secondary N) is 2. The fraction of sp³-hybridized carbons (Fsp3) is 0.435. The number of rotatable bonds is 10. The van der Waals surface area contributed by atoms with E-state index < -0.39 is 0 Å². The van der Waals surface area contributed by atoms with Crippen LogP contribution in [0.5, 0.6) is 17.2 Å². The molecule has 0 amide bonds. The second kappa shape index (κ2) is 13.8. The van der Waals surface area contributed by atoms with E-state index in [0.717, 1.165) is 31.2 Å². The van der Waals surface area contributed by atoms with E-state index in [4.69, 9.17) is 14.2 Å². The van der Waals surface area contributed by atoms with Gasteiger partial charge in [0, 0.05) is 38.9 Å². The van der Waals surface area contributed by atoms with Crippen molar-refractivity contribution in [3.05, 3.63) is 47.5 Å². The molecule has 0 spiro atoms. The normalized spacial score (nSPS) is 10.7. The van der Waals surface area contributed by atoms with Crippen molar-refractivity contribution in [1.29, 1.82) is 0 Å². The summed E-state index contributed by atoms with van der Waals surface area (Å²) < 4.78 is 16.2. The Hall–Kier alpha value is -2.36. The Morgan fingerprint density at radius 2 is 1.65 bits per heavy atom. The maximum Gasteiger partial charge on any atom is 0.203 e. The van der Waals surface area contributed by atoms with E-state index in [-0.39, 0.29) is 24.0 Å². The number of halogens is 1. The molecule has 0 saturated carbocycles. The lowest BCUT2D eigenvalue weighted by molar-refractivity contribution is 0.323. The molecule has 0 saturated heterocycles. The zero-order chi connectivity index (χ0) is 21.9. The highest BCUT2D eigenvalue weighted by molar-refractivity contribution is 14.0. The zero-order valence-corrected chi connectivity index (χ0v) is 21.7. The minimum absolute atomic E-state index is 0. The number of likely N-dealkylation sites (N-methyl/N-ethyl adjacent to an activating group) is 1. The Kier molecular flexibility index (Phi) is 11.9. The Balaban J connectivity index is 0.00000480. The number of ether oxygens (including phenoxy) is 3. The number of aryl methyl sites for hydroxylation is 1. The molecule has 2 N–H and O–H groups in total. The molecule has 0 aliphatic rings. The van der Waals surface area contributed by atoms with E-state index >= 15 is 0 Å². The van der Waals surface area contributed by atoms with Crippen molar-refractivity contribution in [2.45, 2.75) is 20.4 Å². The number of benzene rings is 2. The molecular formula is C23H35IN4O3. The third kappa shape index (κ3) is 7.37. The van der Waals surface area contributed by atoms with Crippen LogP contribution in [0.15, 0.2) is 41.4 Å². The Morgan fingerprint density at radius 3 is 2.16 bits per heavy atom. The molecular weight excluding hydrogens is 507 g/mol. The van der Waals surface area contributed by atoms with Crippen LogP contribution in [-0.2, 0) is 6.54 Å². The summed E-state index contributed by atoms with van der Waals surface area (Å²) in [6.45, 7) is 7.49. The highest BCUT2D eigenvalue weighted by Crippen LogP contribution is 2.38. The molecule has 2 aromatic carbocycles. The van der Waals surface area contributed by atoms with E-state index in [1.54, 1.807) is 28.4 Å². The number of hydrogen-bond donors (Lipinski definition) is 2. The third-order valence-corrected chi connectivity index (χ3v) is 4.92. The predicted molar refractivity (Wildman–Crippen MR) is 139 cm³/mol. The van der Waals surface area contributed by atoms with Crippen LogP contribution in [-0.4, -0.2) is 54.0 Å². The summed E-state index contributed by atoms with van der Waals surface area (Å²) in [5, 5.41) is 6.72. The summed E-state index contributed by atoms with van der Waals surface area (Å²) in [4.78, 5) is 6.68. The molecule has 2 aromatic rings. The molecule has 0 fully saturated rings. The monoisotopic (exact) mass is 542 g/mol. The average Bonchev–Trinajstić information content (AvgIpc) is 2.78. The van der Waals surface area contributed by atoms with Gasteiger partial charge in [-0.1, -0.05) is 18.2 Å². The van der Waals surface area contributed by atoms with E-state index in [1.807, 2.05) is 12.1 Å². The van der Waals surface area contributed by atoms with Gasteiger partial charge in [0.1, 0.15) is 0 Å². The first-order chi connectivity index (χ1) is 14.6. The minimum atomic E-state index is 0. The molecule has 0 aliphatic carbocycles. The van der Waals surface area contributed by atoms with E-state index in [9.17, 15) is 0 Å². The van der Waals surface area contributed by atoms with Gasteiger partial charge in [-0.15, -0.1) is 24.0 Å². The third-order valence-electron chi connectivity index (χ3n) is 4.92. The predicted octanol–water partition coefficient (Wildman–Crippen LogP) is 3.83. The largest absolute Gasteiger partial charge is 0.493 e. The van der Waals surface area contributed by atoms with Crippen LogP contribution in [0.3, 0.4) is 0 Å². The van der Waals surface area contributed by atoms with Crippen LogP contribution in [0.4, 0.5) is 5.69 Å². The molecule has 0 atom stereocenters. The maximum absolute atomic E-state index is 5.42. The average molecular weight is 542 g/mol. The van der Waals surface area contributed by atoms with Gasteiger partial charge in [0.15, 0.2) is 17.5 Å². The number of methoxy groups -OCH3 is 3. The molecule has 0 aliphatic heterocycles. The summed E-state index contributed by atoms with van der Waals surface area (Å²) >= 11 is 0. The summed E-state index contributed by atoms with van der Waals surface area (Å²) in [6.07, 6.45) is 0. The second-order valence-electron chi connectivity index (χ2n) is 6.75. The SMILES string of the molecule is CCN(CCNC(=NC)NCc1cc(OC)c(OC)c(OC)c1)c1ccccc1C.I. The summed E-state index contributed by atoms with van der Waals surface area (Å²) in [7, 11) is 6.59. The fourth-order valence-electron chi connectivity index (χ4n) is 3.32. The first-order valence-corrected chi connectivity index (χ1v) is 10.1. The standard InChI is InChI=1S/C23H34N4O3.HI/c1-7-27(19-11-9-8-10-17(19)2)13-12-25-23(24-3)26-16-18-14-20(28-4)22(30-6)21(15-18)29-5;/h8-11,14-15H,7,12-13,16H2,1-6H3,(H2,24,25,26);1H. The van der Waals surface area contributed by atoms with Gasteiger partial charge in [-0.25, -0.2) is 0 Å². The molecule has 172 valence electrons. The van der Waals surface area contributed by atoms with Gasteiger partial charge in [0.05, 0.1) is 21.3 Å². The maximum atomic E-state index is 5.42. The topological polar surface area (TPSA) is 67.4 Å². The van der Waals surface area contributed by atoms with Crippen LogP contribution >= 0.6 is 24.0 Å². The van der Waals surface area contributed by atoms with Crippen molar-refractivity contribution < 1.29 is 14.2 Å². The van der Waals surface area contributed by atoms with Crippen molar-refractivity contribution in [2.24, 2.45) is 4.99 Å². The highest BCUT2D eigenvalue weighted by atomic mass is 127.